The lowest BCUT2D eigenvalue weighted by Gasteiger charge is -2.07. The number of hydrogen-bond acceptors (Lipinski definition) is 4. The minimum absolute atomic E-state index is 0.163. The third-order valence-electron chi connectivity index (χ3n) is 2.61. The first-order valence-electron chi connectivity index (χ1n) is 5.58. The summed E-state index contributed by atoms with van der Waals surface area (Å²) in [4.78, 5) is 11.4. The van der Waals surface area contributed by atoms with E-state index in [-0.39, 0.29) is 12.4 Å². The predicted molar refractivity (Wildman–Crippen MR) is 73.6 cm³/mol. The van der Waals surface area contributed by atoms with Gasteiger partial charge in [-0.3, -0.25) is 10.2 Å². The van der Waals surface area contributed by atoms with Crippen LogP contribution < -0.4 is 16.0 Å². The van der Waals surface area contributed by atoms with Gasteiger partial charge in [0.05, 0.1) is 6.26 Å². The molecule has 0 aliphatic heterocycles. The van der Waals surface area contributed by atoms with Gasteiger partial charge in [-0.05, 0) is 36.8 Å². The summed E-state index contributed by atoms with van der Waals surface area (Å²) >= 11 is 3.42. The highest BCUT2D eigenvalue weighted by atomic mass is 79.9. The quantitative estimate of drug-likeness (QED) is 0.514. The van der Waals surface area contributed by atoms with E-state index in [9.17, 15) is 4.79 Å². The van der Waals surface area contributed by atoms with Gasteiger partial charge in [0.1, 0.15) is 12.4 Å². The molecule has 6 heteroatoms. The van der Waals surface area contributed by atoms with E-state index in [0.717, 1.165) is 15.8 Å². The highest BCUT2D eigenvalue weighted by molar-refractivity contribution is 9.10. The summed E-state index contributed by atoms with van der Waals surface area (Å²) in [6.45, 7) is 2.21. The Morgan fingerprint density at radius 2 is 2.26 bits per heavy atom. The highest BCUT2D eigenvalue weighted by Crippen LogP contribution is 2.23. The van der Waals surface area contributed by atoms with Gasteiger partial charge in [-0.25, -0.2) is 5.84 Å². The van der Waals surface area contributed by atoms with Gasteiger partial charge in [-0.15, -0.1) is 0 Å². The van der Waals surface area contributed by atoms with E-state index in [1.807, 2.05) is 30.5 Å². The minimum Gasteiger partial charge on any atom is -0.489 e. The summed E-state index contributed by atoms with van der Waals surface area (Å²) in [5, 5.41) is 0. The van der Waals surface area contributed by atoms with Crippen LogP contribution in [0, 0.1) is 6.92 Å². The molecule has 0 saturated carbocycles. The number of nitrogens with two attached hydrogens (primary N) is 1. The number of hydrazine groups is 1. The van der Waals surface area contributed by atoms with Crippen molar-refractivity contribution in [1.29, 1.82) is 0 Å². The Bertz CT molecular complexity index is 595. The molecule has 1 aromatic carbocycles. The van der Waals surface area contributed by atoms with Gasteiger partial charge in [0, 0.05) is 10.0 Å². The molecule has 0 aliphatic carbocycles. The van der Waals surface area contributed by atoms with Gasteiger partial charge >= 0.3 is 5.91 Å². The predicted octanol–water partition coefficient (Wildman–Crippen LogP) is 2.53. The molecule has 2 rings (SSSR count). The van der Waals surface area contributed by atoms with Gasteiger partial charge < -0.3 is 9.15 Å². The van der Waals surface area contributed by atoms with Crippen molar-refractivity contribution < 1.29 is 13.9 Å². The number of nitrogen functional groups attached to an aromatic ring is 1. The third kappa shape index (κ3) is 3.15. The summed E-state index contributed by atoms with van der Waals surface area (Å²) in [5.74, 6) is 5.48. The molecule has 1 heterocycles. The second kappa shape index (κ2) is 5.90. The summed E-state index contributed by atoms with van der Waals surface area (Å²) in [6.07, 6.45) is 1.43. The largest absolute Gasteiger partial charge is 0.489 e. The number of hydrogen-bond donors (Lipinski definition) is 2. The Morgan fingerprint density at radius 3 is 2.95 bits per heavy atom. The molecular formula is C13H13BrN2O3. The summed E-state index contributed by atoms with van der Waals surface area (Å²) in [6, 6.07) is 7.34. The number of rotatable bonds is 4. The molecular weight excluding hydrogens is 312 g/mol. The molecule has 0 spiro atoms. The molecule has 0 unspecified atom stereocenters. The van der Waals surface area contributed by atoms with Crippen molar-refractivity contribution in [3.8, 4) is 5.75 Å². The molecule has 1 aromatic heterocycles. The Hall–Kier alpha value is -1.79. The normalized spacial score (nSPS) is 10.3. The molecule has 5 nitrogen and oxygen atoms in total. The van der Waals surface area contributed by atoms with Crippen molar-refractivity contribution in [1.82, 2.24) is 5.43 Å². The van der Waals surface area contributed by atoms with E-state index in [1.165, 1.54) is 6.26 Å². The van der Waals surface area contributed by atoms with Gasteiger partial charge in [0.25, 0.3) is 0 Å². The van der Waals surface area contributed by atoms with Crippen LogP contribution in [-0.4, -0.2) is 5.91 Å². The van der Waals surface area contributed by atoms with Crippen LogP contribution in [0.2, 0.25) is 0 Å². The van der Waals surface area contributed by atoms with Gasteiger partial charge in [-0.2, -0.15) is 0 Å². The molecule has 3 N–H and O–H groups in total. The molecule has 0 bridgehead atoms. The van der Waals surface area contributed by atoms with Gasteiger partial charge in [0.15, 0.2) is 5.76 Å². The van der Waals surface area contributed by atoms with Crippen molar-refractivity contribution in [3.05, 3.63) is 51.9 Å². The molecule has 0 atom stereocenters. The van der Waals surface area contributed by atoms with E-state index in [0.29, 0.717) is 5.56 Å². The molecule has 0 fully saturated rings. The molecule has 19 heavy (non-hydrogen) atoms. The average Bonchev–Trinajstić information content (AvgIpc) is 2.87. The maximum atomic E-state index is 11.4. The van der Waals surface area contributed by atoms with Crippen molar-refractivity contribution in [2.75, 3.05) is 0 Å². The van der Waals surface area contributed by atoms with E-state index in [1.54, 1.807) is 6.07 Å². The lowest BCUT2D eigenvalue weighted by Crippen LogP contribution is -2.30. The zero-order valence-corrected chi connectivity index (χ0v) is 11.9. The Labute approximate surface area is 118 Å². The van der Waals surface area contributed by atoms with Crippen molar-refractivity contribution in [3.63, 3.8) is 0 Å². The van der Waals surface area contributed by atoms with Crippen LogP contribution in [-0.2, 0) is 6.61 Å². The van der Waals surface area contributed by atoms with Crippen LogP contribution in [0.1, 0.15) is 21.7 Å². The first-order chi connectivity index (χ1) is 9.11. The second-order valence-corrected chi connectivity index (χ2v) is 4.80. The van der Waals surface area contributed by atoms with Crippen molar-refractivity contribution in [2.24, 2.45) is 5.84 Å². The van der Waals surface area contributed by atoms with E-state index < -0.39 is 5.91 Å². The lowest BCUT2D eigenvalue weighted by molar-refractivity contribution is 0.0922. The number of aryl methyl sites for hydroxylation is 1. The number of carbonyl (C=O) groups excluding carboxylic acids is 1. The van der Waals surface area contributed by atoms with Crippen LogP contribution in [0.5, 0.6) is 5.75 Å². The number of carbonyl (C=O) groups is 1. The van der Waals surface area contributed by atoms with Crippen LogP contribution >= 0.6 is 15.9 Å². The fourth-order valence-corrected chi connectivity index (χ4v) is 1.83. The minimum atomic E-state index is -0.476. The standard InChI is InChI=1S/C13H13BrN2O3/c1-8-6-10(2-3-11(8)14)19-7-9-4-5-18-12(9)13(17)16-15/h2-6H,7,15H2,1H3,(H,16,17). The Balaban J connectivity index is 2.08. The van der Waals surface area contributed by atoms with Crippen LogP contribution in [0.3, 0.4) is 0 Å². The van der Waals surface area contributed by atoms with Crippen LogP contribution in [0.15, 0.2) is 39.4 Å². The molecule has 2 aromatic rings. The first-order valence-corrected chi connectivity index (χ1v) is 6.37. The summed E-state index contributed by atoms with van der Waals surface area (Å²) in [5.41, 5.74) is 3.74. The smallest absolute Gasteiger partial charge is 0.301 e. The number of furan rings is 1. The van der Waals surface area contributed by atoms with Crippen molar-refractivity contribution >= 4 is 21.8 Å². The number of nitrogens with one attached hydrogen (secondary N) is 1. The average molecular weight is 325 g/mol. The third-order valence-corrected chi connectivity index (χ3v) is 3.50. The molecule has 0 saturated heterocycles. The van der Waals surface area contributed by atoms with E-state index in [2.05, 4.69) is 15.9 Å². The number of halogens is 1. The van der Waals surface area contributed by atoms with Crippen LogP contribution in [0.4, 0.5) is 0 Å². The fraction of sp³-hybridized carbons (Fsp3) is 0.154. The monoisotopic (exact) mass is 324 g/mol. The van der Waals surface area contributed by atoms with E-state index in [4.69, 9.17) is 15.0 Å². The van der Waals surface area contributed by atoms with E-state index >= 15 is 0 Å². The SMILES string of the molecule is Cc1cc(OCc2ccoc2C(=O)NN)ccc1Br. The second-order valence-electron chi connectivity index (χ2n) is 3.95. The van der Waals surface area contributed by atoms with Crippen LogP contribution in [0.25, 0.3) is 0 Å². The lowest BCUT2D eigenvalue weighted by atomic mass is 10.2. The Kier molecular flexibility index (Phi) is 4.24. The maximum Gasteiger partial charge on any atom is 0.301 e. The maximum absolute atomic E-state index is 11.4. The first kappa shape index (κ1) is 13.6. The van der Waals surface area contributed by atoms with Gasteiger partial charge in [-0.1, -0.05) is 15.9 Å². The number of amides is 1. The zero-order valence-electron chi connectivity index (χ0n) is 10.3. The molecule has 0 radical (unpaired) electrons. The molecule has 100 valence electrons. The summed E-state index contributed by atoms with van der Waals surface area (Å²) < 4.78 is 11.7. The summed E-state index contributed by atoms with van der Waals surface area (Å²) in [7, 11) is 0. The number of ether oxygens (including phenoxy) is 1. The number of benzene rings is 1. The molecule has 0 aliphatic rings. The fourth-order valence-electron chi connectivity index (χ4n) is 1.58. The topological polar surface area (TPSA) is 77.5 Å². The highest BCUT2D eigenvalue weighted by Gasteiger charge is 2.14. The van der Waals surface area contributed by atoms with Gasteiger partial charge in [0.2, 0.25) is 0 Å². The van der Waals surface area contributed by atoms with Crippen molar-refractivity contribution in [2.45, 2.75) is 13.5 Å². The zero-order chi connectivity index (χ0) is 13.8. The Morgan fingerprint density at radius 1 is 1.47 bits per heavy atom. The molecule has 1 amide bonds.